The number of hydrogen-bond donors (Lipinski definition) is 1. The van der Waals surface area contributed by atoms with E-state index >= 15 is 0 Å². The first kappa shape index (κ1) is 28.4. The summed E-state index contributed by atoms with van der Waals surface area (Å²) >= 11 is 0. The van der Waals surface area contributed by atoms with Crippen LogP contribution in [0.1, 0.15) is 61.3 Å². The highest BCUT2D eigenvalue weighted by atomic mass is 19.4. The molecular formula is C33H35F3N2O5. The van der Waals surface area contributed by atoms with Crippen molar-refractivity contribution in [3.63, 3.8) is 0 Å². The van der Waals surface area contributed by atoms with E-state index in [4.69, 9.17) is 9.47 Å². The molecule has 228 valence electrons. The largest absolute Gasteiger partial charge is 0.483 e. The van der Waals surface area contributed by atoms with Crippen LogP contribution in [0, 0.1) is 5.92 Å². The Labute approximate surface area is 248 Å². The fraction of sp³-hybridized carbons (Fsp3) is 0.515. The van der Waals surface area contributed by atoms with Crippen LogP contribution in [0.5, 0.6) is 11.5 Å². The number of hydrogen-bond acceptors (Lipinski definition) is 6. The summed E-state index contributed by atoms with van der Waals surface area (Å²) in [7, 11) is 1.67. The fourth-order valence-electron chi connectivity index (χ4n) is 8.34. The molecule has 2 saturated carbocycles. The molecule has 5 atom stereocenters. The second-order valence-electron chi connectivity index (χ2n) is 12.9. The van der Waals surface area contributed by atoms with Gasteiger partial charge in [-0.3, -0.25) is 14.5 Å². The Hall–Kier alpha value is -3.37. The first-order valence-electron chi connectivity index (χ1n) is 15.0. The summed E-state index contributed by atoms with van der Waals surface area (Å²) in [5, 5.41) is 12.7. The van der Waals surface area contributed by atoms with Crippen molar-refractivity contribution in [1.82, 2.24) is 9.80 Å². The summed E-state index contributed by atoms with van der Waals surface area (Å²) < 4.78 is 51.9. The molecule has 0 aromatic heterocycles. The molecule has 7 nitrogen and oxygen atoms in total. The number of carbonyl (C=O) groups excluding carboxylic acids is 2. The minimum atomic E-state index is -4.48. The third-order valence-corrected chi connectivity index (χ3v) is 10.4. The van der Waals surface area contributed by atoms with Gasteiger partial charge in [0.15, 0.2) is 11.5 Å². The van der Waals surface area contributed by atoms with E-state index in [0.717, 1.165) is 36.3 Å². The van der Waals surface area contributed by atoms with Crippen LogP contribution in [0.15, 0.2) is 42.5 Å². The molecule has 10 heteroatoms. The van der Waals surface area contributed by atoms with Gasteiger partial charge in [0.25, 0.3) is 0 Å². The molecule has 2 heterocycles. The quantitative estimate of drug-likeness (QED) is 0.295. The lowest BCUT2D eigenvalue weighted by atomic mass is 9.48. The van der Waals surface area contributed by atoms with Gasteiger partial charge in [0.1, 0.15) is 6.10 Å². The van der Waals surface area contributed by atoms with E-state index in [1.165, 1.54) is 44.1 Å². The highest BCUT2D eigenvalue weighted by molar-refractivity contribution is 5.92. The SMILES string of the molecule is CC(=O)Oc1ccc2c3c1OC1C(N(C)C(=O)/C=C/c4cccc(C(F)(F)F)c4)CC[C@@]4(O)[C@@H](C2)N(CC2CC2)CC[C@]314. The Kier molecular flexibility index (Phi) is 6.49. The molecule has 43 heavy (non-hydrogen) atoms. The van der Waals surface area contributed by atoms with Gasteiger partial charge >= 0.3 is 12.1 Å². The molecule has 2 unspecified atom stereocenters. The van der Waals surface area contributed by atoms with Crippen molar-refractivity contribution in [1.29, 1.82) is 0 Å². The topological polar surface area (TPSA) is 79.3 Å². The minimum Gasteiger partial charge on any atom is -0.483 e. The molecule has 1 spiro atoms. The van der Waals surface area contributed by atoms with Crippen molar-refractivity contribution in [2.75, 3.05) is 20.1 Å². The van der Waals surface area contributed by atoms with Gasteiger partial charge in [-0.1, -0.05) is 18.2 Å². The van der Waals surface area contributed by atoms with Gasteiger partial charge in [-0.15, -0.1) is 0 Å². The molecule has 1 saturated heterocycles. The van der Waals surface area contributed by atoms with Crippen LogP contribution in [-0.4, -0.2) is 70.7 Å². The number of alkyl halides is 3. The van der Waals surface area contributed by atoms with Gasteiger partial charge in [-0.05, 0) is 86.4 Å². The maximum atomic E-state index is 13.5. The number of likely N-dealkylation sites (N-methyl/N-ethyl adjacent to an activating group) is 1. The Morgan fingerprint density at radius 1 is 1.19 bits per heavy atom. The minimum absolute atomic E-state index is 0.0891. The van der Waals surface area contributed by atoms with Crippen LogP contribution in [0.4, 0.5) is 13.2 Å². The molecule has 3 fully saturated rings. The molecule has 1 N–H and O–H groups in total. The number of likely N-dealkylation sites (tertiary alicyclic amines) is 1. The molecule has 1 amide bonds. The molecule has 3 aliphatic carbocycles. The van der Waals surface area contributed by atoms with Gasteiger partial charge in [0.2, 0.25) is 5.91 Å². The predicted molar refractivity (Wildman–Crippen MR) is 151 cm³/mol. The molecule has 2 aromatic rings. The number of benzene rings is 2. The molecule has 2 bridgehead atoms. The lowest BCUT2D eigenvalue weighted by molar-refractivity contribution is -0.200. The highest BCUT2D eigenvalue weighted by Crippen LogP contribution is 2.66. The second-order valence-corrected chi connectivity index (χ2v) is 12.9. The van der Waals surface area contributed by atoms with Crippen LogP contribution in [-0.2, 0) is 27.6 Å². The average Bonchev–Trinajstić information content (AvgIpc) is 3.70. The Bertz CT molecular complexity index is 1520. The molecule has 0 radical (unpaired) electrons. The molecule has 2 aliphatic heterocycles. The standard InChI is InChI=1S/C33H35F3N2O5/c1-19(39)42-25-10-9-22-17-26-32(41)13-12-24(37(2)27(40)11-8-20-4-3-5-23(16-20)33(34,35)36)30-31(32,28(22)29(25)43-30)14-15-38(26)18-21-6-7-21/h3-5,8-11,16,21,24,26,30,41H,6-7,12-15,17-18H2,1-2H3/b11-8+/t24?,26-,30?,31+,32-/m1/s1. The molecular weight excluding hydrogens is 561 g/mol. The summed E-state index contributed by atoms with van der Waals surface area (Å²) in [6, 6.07) is 8.07. The number of nitrogens with zero attached hydrogens (tertiary/aromatic N) is 2. The summed E-state index contributed by atoms with van der Waals surface area (Å²) in [5.41, 5.74) is -0.427. The average molecular weight is 597 g/mol. The zero-order chi connectivity index (χ0) is 30.3. The summed E-state index contributed by atoms with van der Waals surface area (Å²) in [6.07, 6.45) is 2.31. The Morgan fingerprint density at radius 3 is 2.70 bits per heavy atom. The number of esters is 1. The van der Waals surface area contributed by atoms with Crippen molar-refractivity contribution in [3.8, 4) is 11.5 Å². The van der Waals surface area contributed by atoms with Crippen LogP contribution in [0.25, 0.3) is 6.08 Å². The predicted octanol–water partition coefficient (Wildman–Crippen LogP) is 4.74. The van der Waals surface area contributed by atoms with Gasteiger partial charge in [-0.2, -0.15) is 13.2 Å². The molecule has 2 aromatic carbocycles. The molecule has 5 aliphatic rings. The van der Waals surface area contributed by atoms with Crippen LogP contribution >= 0.6 is 0 Å². The second kappa shape index (κ2) is 9.82. The zero-order valence-electron chi connectivity index (χ0n) is 24.2. The first-order valence-corrected chi connectivity index (χ1v) is 15.0. The highest BCUT2D eigenvalue weighted by Gasteiger charge is 2.73. The van der Waals surface area contributed by atoms with E-state index in [-0.39, 0.29) is 17.5 Å². The van der Waals surface area contributed by atoms with E-state index in [1.54, 1.807) is 18.0 Å². The van der Waals surface area contributed by atoms with E-state index in [2.05, 4.69) is 4.90 Å². The number of amides is 1. The first-order chi connectivity index (χ1) is 20.4. The van der Waals surface area contributed by atoms with Crippen molar-refractivity contribution >= 4 is 18.0 Å². The van der Waals surface area contributed by atoms with E-state index in [1.807, 2.05) is 6.07 Å². The lowest BCUT2D eigenvalue weighted by Crippen LogP contribution is -2.78. The van der Waals surface area contributed by atoms with Crippen LogP contribution < -0.4 is 9.47 Å². The van der Waals surface area contributed by atoms with Crippen LogP contribution in [0.3, 0.4) is 0 Å². The number of piperidine rings is 1. The number of halogens is 3. The number of carbonyl (C=O) groups is 2. The Balaban J connectivity index is 1.24. The third kappa shape index (κ3) is 4.39. The smallest absolute Gasteiger partial charge is 0.416 e. The van der Waals surface area contributed by atoms with Gasteiger partial charge in [-0.25, -0.2) is 0 Å². The van der Waals surface area contributed by atoms with E-state index in [9.17, 15) is 27.9 Å². The van der Waals surface area contributed by atoms with Crippen molar-refractivity contribution < 1.29 is 37.3 Å². The van der Waals surface area contributed by atoms with Crippen molar-refractivity contribution in [3.05, 3.63) is 64.7 Å². The molecule has 7 rings (SSSR count). The van der Waals surface area contributed by atoms with Gasteiger partial charge in [0, 0.05) is 38.2 Å². The van der Waals surface area contributed by atoms with Crippen molar-refractivity contribution in [2.45, 2.75) is 80.8 Å². The normalized spacial score (nSPS) is 31.0. The van der Waals surface area contributed by atoms with E-state index < -0.39 is 40.9 Å². The summed E-state index contributed by atoms with van der Waals surface area (Å²) in [6.45, 7) is 3.09. The number of rotatable bonds is 6. The number of ether oxygens (including phenoxy) is 2. The monoisotopic (exact) mass is 596 g/mol. The number of aliphatic hydroxyl groups is 1. The summed E-state index contributed by atoms with van der Waals surface area (Å²) in [4.78, 5) is 29.5. The van der Waals surface area contributed by atoms with Crippen LogP contribution in [0.2, 0.25) is 0 Å². The van der Waals surface area contributed by atoms with Gasteiger partial charge < -0.3 is 19.5 Å². The third-order valence-electron chi connectivity index (χ3n) is 10.4. The zero-order valence-corrected chi connectivity index (χ0v) is 24.2. The fourth-order valence-corrected chi connectivity index (χ4v) is 8.34. The summed E-state index contributed by atoms with van der Waals surface area (Å²) in [5.74, 6) is 0.605. The lowest BCUT2D eigenvalue weighted by Gasteiger charge is -2.64. The van der Waals surface area contributed by atoms with E-state index in [0.29, 0.717) is 43.1 Å². The van der Waals surface area contributed by atoms with Gasteiger partial charge in [0.05, 0.1) is 22.6 Å². The van der Waals surface area contributed by atoms with Crippen molar-refractivity contribution in [2.24, 2.45) is 5.92 Å². The maximum absolute atomic E-state index is 13.5. The maximum Gasteiger partial charge on any atom is 0.416 e. The Morgan fingerprint density at radius 2 is 1.98 bits per heavy atom.